The van der Waals surface area contributed by atoms with Crippen molar-refractivity contribution in [1.82, 2.24) is 9.66 Å². The number of hydrazine groups is 1. The van der Waals surface area contributed by atoms with Gasteiger partial charge < -0.3 is 11.1 Å². The largest absolute Gasteiger partial charge is 0.350 e. The highest BCUT2D eigenvalue weighted by molar-refractivity contribution is 5.95. The number of hydrogen-bond donors (Lipinski definition) is 4. The predicted octanol–water partition coefficient (Wildman–Crippen LogP) is 2.24. The van der Waals surface area contributed by atoms with Crippen LogP contribution in [0.4, 0.5) is 26.9 Å². The van der Waals surface area contributed by atoms with E-state index in [1.54, 1.807) is 61.5 Å². The third-order valence-electron chi connectivity index (χ3n) is 3.74. The van der Waals surface area contributed by atoms with Crippen molar-refractivity contribution in [2.24, 2.45) is 5.73 Å². The average Bonchev–Trinajstić information content (AvgIpc) is 2.69. The third kappa shape index (κ3) is 4.89. The second kappa shape index (κ2) is 8.57. The summed E-state index contributed by atoms with van der Waals surface area (Å²) in [6, 6.07) is 17.0. The number of amides is 4. The molecule has 0 saturated carbocycles. The van der Waals surface area contributed by atoms with Gasteiger partial charge in [-0.25, -0.2) is 25.0 Å². The van der Waals surface area contributed by atoms with Gasteiger partial charge in [0.25, 0.3) is 5.56 Å². The van der Waals surface area contributed by atoms with Crippen molar-refractivity contribution in [2.45, 2.75) is 6.92 Å². The molecule has 0 aliphatic carbocycles. The molecule has 0 aliphatic rings. The molecule has 2 aromatic carbocycles. The summed E-state index contributed by atoms with van der Waals surface area (Å²) in [5.41, 5.74) is 11.3. The van der Waals surface area contributed by atoms with Crippen molar-refractivity contribution in [2.75, 3.05) is 21.2 Å². The van der Waals surface area contributed by atoms with Crippen LogP contribution in [0.5, 0.6) is 0 Å². The molecule has 0 aliphatic heterocycles. The highest BCUT2D eigenvalue weighted by Gasteiger charge is 2.17. The molecule has 0 fully saturated rings. The number of anilines is 3. The molecule has 0 saturated heterocycles. The molecular weight excluding hydrogens is 374 g/mol. The average molecular weight is 393 g/mol. The zero-order valence-electron chi connectivity index (χ0n) is 15.5. The number of aryl methyl sites for hydroxylation is 1. The summed E-state index contributed by atoms with van der Waals surface area (Å²) in [6.45, 7) is 1.61. The summed E-state index contributed by atoms with van der Waals surface area (Å²) in [5.74, 6) is -0.0964. The predicted molar refractivity (Wildman–Crippen MR) is 110 cm³/mol. The van der Waals surface area contributed by atoms with Crippen molar-refractivity contribution in [3.63, 3.8) is 0 Å². The summed E-state index contributed by atoms with van der Waals surface area (Å²) in [6.07, 6.45) is 0. The van der Waals surface area contributed by atoms with Gasteiger partial charge in [-0.2, -0.15) is 4.68 Å². The van der Waals surface area contributed by atoms with E-state index in [1.165, 1.54) is 6.07 Å². The number of nitrogens with two attached hydrogens (primary N) is 1. The minimum absolute atomic E-state index is 0.0964. The lowest BCUT2D eigenvalue weighted by Crippen LogP contribution is -2.45. The van der Waals surface area contributed by atoms with E-state index in [2.05, 4.69) is 21.2 Å². The highest BCUT2D eigenvalue weighted by Crippen LogP contribution is 2.14. The van der Waals surface area contributed by atoms with E-state index in [9.17, 15) is 14.4 Å². The molecule has 4 amide bonds. The first kappa shape index (κ1) is 19.4. The highest BCUT2D eigenvalue weighted by atomic mass is 16.2. The molecule has 0 radical (unpaired) electrons. The second-order valence-corrected chi connectivity index (χ2v) is 5.95. The molecular formula is C19H19N7O3. The van der Waals surface area contributed by atoms with Crippen LogP contribution in [0, 0.1) is 6.92 Å². The van der Waals surface area contributed by atoms with Crippen molar-refractivity contribution in [1.29, 1.82) is 0 Å². The van der Waals surface area contributed by atoms with Crippen LogP contribution in [0.2, 0.25) is 0 Å². The van der Waals surface area contributed by atoms with Gasteiger partial charge in [0.1, 0.15) is 0 Å². The number of aromatic nitrogens is 2. The fourth-order valence-corrected chi connectivity index (χ4v) is 2.49. The van der Waals surface area contributed by atoms with Crippen LogP contribution in [0.1, 0.15) is 5.69 Å². The van der Waals surface area contributed by atoms with Crippen molar-refractivity contribution in [3.8, 4) is 0 Å². The van der Waals surface area contributed by atoms with E-state index in [1.807, 2.05) is 6.07 Å². The van der Waals surface area contributed by atoms with Gasteiger partial charge in [0.15, 0.2) is 0 Å². The van der Waals surface area contributed by atoms with Crippen molar-refractivity contribution >= 4 is 29.4 Å². The Bertz CT molecular complexity index is 1070. The number of nitrogens with one attached hydrogen (secondary N) is 3. The second-order valence-electron chi connectivity index (χ2n) is 5.95. The molecule has 3 rings (SSSR count). The summed E-state index contributed by atoms with van der Waals surface area (Å²) in [7, 11) is 0. The van der Waals surface area contributed by atoms with Crippen LogP contribution < -0.4 is 32.5 Å². The standard InChI is InChI=1S/C19H19N7O3/c1-13-12-16(27)26(24-19(29)22-14-8-4-2-5-9-14)18(21-13)23-25(17(20)28)15-10-6-3-7-11-15/h2-12H,1H3,(H2,20,28)(H,21,23)(H2,22,24,29). The molecule has 148 valence electrons. The number of benzene rings is 2. The Labute approximate surface area is 165 Å². The van der Waals surface area contributed by atoms with Gasteiger partial charge in [-0.1, -0.05) is 36.4 Å². The Kier molecular flexibility index (Phi) is 5.74. The first-order chi connectivity index (χ1) is 13.9. The maximum atomic E-state index is 12.4. The van der Waals surface area contributed by atoms with E-state index in [-0.39, 0.29) is 5.95 Å². The van der Waals surface area contributed by atoms with E-state index in [0.29, 0.717) is 17.1 Å². The zero-order chi connectivity index (χ0) is 20.8. The fraction of sp³-hybridized carbons (Fsp3) is 0.0526. The Morgan fingerprint density at radius 2 is 1.66 bits per heavy atom. The lowest BCUT2D eigenvalue weighted by Gasteiger charge is -2.23. The number of hydrogen-bond acceptors (Lipinski definition) is 5. The SMILES string of the molecule is Cc1cc(=O)n(NC(=O)Nc2ccccc2)c(NN(C(N)=O)c2ccccc2)n1. The number of carbonyl (C=O) groups excluding carboxylic acids is 2. The molecule has 0 bridgehead atoms. The van der Waals surface area contributed by atoms with Crippen LogP contribution in [0.3, 0.4) is 0 Å². The lowest BCUT2D eigenvalue weighted by atomic mass is 10.3. The summed E-state index contributed by atoms with van der Waals surface area (Å²) < 4.78 is 0.879. The summed E-state index contributed by atoms with van der Waals surface area (Å²) >= 11 is 0. The van der Waals surface area contributed by atoms with E-state index < -0.39 is 17.6 Å². The lowest BCUT2D eigenvalue weighted by molar-refractivity contribution is 0.255. The van der Waals surface area contributed by atoms with Crippen LogP contribution in [0.25, 0.3) is 0 Å². The minimum Gasteiger partial charge on any atom is -0.350 e. The zero-order valence-corrected chi connectivity index (χ0v) is 15.5. The van der Waals surface area contributed by atoms with Gasteiger partial charge >= 0.3 is 12.1 Å². The summed E-state index contributed by atoms with van der Waals surface area (Å²) in [4.78, 5) is 40.9. The molecule has 3 aromatic rings. The maximum Gasteiger partial charge on any atom is 0.338 e. The van der Waals surface area contributed by atoms with Crippen molar-refractivity contribution in [3.05, 3.63) is 82.8 Å². The molecule has 0 atom stereocenters. The smallest absolute Gasteiger partial charge is 0.338 e. The minimum atomic E-state index is -0.827. The molecule has 10 heteroatoms. The molecule has 0 unspecified atom stereocenters. The first-order valence-electron chi connectivity index (χ1n) is 8.59. The third-order valence-corrected chi connectivity index (χ3v) is 3.74. The van der Waals surface area contributed by atoms with E-state index in [0.717, 1.165) is 9.69 Å². The Hall–Kier alpha value is -4.34. The molecule has 5 N–H and O–H groups in total. The number of urea groups is 2. The molecule has 0 spiro atoms. The van der Waals surface area contributed by atoms with E-state index >= 15 is 0 Å². The monoisotopic (exact) mass is 393 g/mol. The molecule has 29 heavy (non-hydrogen) atoms. The van der Waals surface area contributed by atoms with Crippen LogP contribution in [-0.4, -0.2) is 21.7 Å². The fourth-order valence-electron chi connectivity index (χ4n) is 2.49. The van der Waals surface area contributed by atoms with Crippen LogP contribution in [-0.2, 0) is 0 Å². The Balaban J connectivity index is 1.89. The van der Waals surface area contributed by atoms with Gasteiger partial charge in [0.05, 0.1) is 5.69 Å². The molecule has 1 heterocycles. The number of nitrogens with zero attached hydrogens (tertiary/aromatic N) is 3. The maximum absolute atomic E-state index is 12.4. The Morgan fingerprint density at radius 1 is 1.03 bits per heavy atom. The van der Waals surface area contributed by atoms with Gasteiger partial charge in [-0.3, -0.25) is 10.2 Å². The number of carbonyl (C=O) groups is 2. The molecule has 1 aromatic heterocycles. The first-order valence-corrected chi connectivity index (χ1v) is 8.59. The number of primary amides is 1. The van der Waals surface area contributed by atoms with Gasteiger partial charge in [0, 0.05) is 17.4 Å². The Morgan fingerprint density at radius 3 is 2.28 bits per heavy atom. The normalized spacial score (nSPS) is 10.1. The summed E-state index contributed by atoms with van der Waals surface area (Å²) in [5, 5.41) is 3.61. The quantitative estimate of drug-likeness (QED) is 0.493. The van der Waals surface area contributed by atoms with Crippen molar-refractivity contribution < 1.29 is 9.59 Å². The van der Waals surface area contributed by atoms with Gasteiger partial charge in [-0.15, -0.1) is 0 Å². The van der Waals surface area contributed by atoms with Gasteiger partial charge in [-0.05, 0) is 31.2 Å². The topological polar surface area (TPSA) is 134 Å². The van der Waals surface area contributed by atoms with E-state index in [4.69, 9.17) is 5.73 Å². The number of para-hydroxylation sites is 2. The number of rotatable bonds is 5. The molecule has 10 nitrogen and oxygen atoms in total. The van der Waals surface area contributed by atoms with Crippen LogP contribution in [0.15, 0.2) is 71.5 Å². The van der Waals surface area contributed by atoms with Gasteiger partial charge in [0.2, 0.25) is 5.95 Å². The van der Waals surface area contributed by atoms with Crippen LogP contribution >= 0.6 is 0 Å².